The Hall–Kier alpha value is -1.25. The zero-order chi connectivity index (χ0) is 29.4. The number of aromatic nitrogens is 6. The van der Waals surface area contributed by atoms with Crippen molar-refractivity contribution in [2.24, 2.45) is 0 Å². The van der Waals surface area contributed by atoms with Gasteiger partial charge in [0.15, 0.2) is 5.15 Å². The Morgan fingerprint density at radius 3 is 1.73 bits per heavy atom. The molecule has 41 heavy (non-hydrogen) atoms. The molecule has 0 saturated carbocycles. The van der Waals surface area contributed by atoms with E-state index >= 15 is 0 Å². The first-order valence-corrected chi connectivity index (χ1v) is 14.6. The van der Waals surface area contributed by atoms with Crippen LogP contribution in [0.2, 0.25) is 15.7 Å². The van der Waals surface area contributed by atoms with Crippen LogP contribution in [-0.4, -0.2) is 54.8 Å². The number of aromatic amines is 2. The van der Waals surface area contributed by atoms with Crippen LogP contribution in [0.15, 0.2) is 45.3 Å². The molecule has 3 N–H and O–H groups in total. The van der Waals surface area contributed by atoms with Crippen LogP contribution in [0, 0.1) is 0 Å². The minimum absolute atomic E-state index is 0. The van der Waals surface area contributed by atoms with Crippen LogP contribution in [0.5, 0.6) is 5.88 Å². The average Bonchev–Trinajstić information content (AvgIpc) is 3.44. The minimum Gasteiger partial charge on any atom is -0.855 e. The molecule has 0 aliphatic heterocycles. The number of ether oxygens (including phenoxy) is 1. The van der Waals surface area contributed by atoms with Crippen LogP contribution in [-0.2, 0) is 0 Å². The van der Waals surface area contributed by atoms with Crippen molar-refractivity contribution in [2.75, 3.05) is 19.8 Å². The largest absolute Gasteiger partial charge is 1.00 e. The number of aliphatic hydroxyl groups excluding tert-OH is 1. The van der Waals surface area contributed by atoms with E-state index in [0.29, 0.717) is 23.2 Å². The second-order valence-corrected chi connectivity index (χ2v) is 10.6. The number of nitrogens with one attached hydrogen (secondary N) is 2. The molecular formula is C26H24Br2Cl3N6NaO3. The Balaban J connectivity index is 0.000000237. The van der Waals surface area contributed by atoms with E-state index in [2.05, 4.69) is 61.8 Å². The smallest absolute Gasteiger partial charge is 0.855 e. The standard InChI is InChI=1S/C12H9BrClN3O.C10H4BrCl2N3.C2H6O.C2H5O.Na/c1-2-18-11-10-9(16-12(14)17-11)7-5-6(13)3-4-8(7)15-10;11-4-1-2-6-5(3-4)7-8(14-6)9(12)16-10(13)15-7;2*1-2-3;/h3-5,15H,2H2,1H3;1-3,14H;3H,2H2,1H3;2H2,1H3;/q;;;-1;+1. The van der Waals surface area contributed by atoms with E-state index in [4.69, 9.17) is 49.8 Å². The molecule has 0 unspecified atom stereocenters. The molecule has 0 spiro atoms. The molecule has 0 amide bonds. The van der Waals surface area contributed by atoms with Crippen molar-refractivity contribution in [2.45, 2.75) is 20.8 Å². The predicted molar refractivity (Wildman–Crippen MR) is 168 cm³/mol. The number of benzene rings is 2. The van der Waals surface area contributed by atoms with E-state index in [0.717, 1.165) is 47.3 Å². The van der Waals surface area contributed by atoms with Gasteiger partial charge in [-0.25, -0.2) is 15.0 Å². The number of aliphatic hydroxyl groups is 1. The van der Waals surface area contributed by atoms with Gasteiger partial charge in [-0.2, -0.15) is 4.98 Å². The normalized spacial score (nSPS) is 10.3. The fourth-order valence-corrected chi connectivity index (χ4v) is 4.90. The van der Waals surface area contributed by atoms with Crippen LogP contribution < -0.4 is 39.4 Å². The third-order valence-corrected chi connectivity index (χ3v) is 6.56. The fraction of sp³-hybridized carbons (Fsp3) is 0.231. The van der Waals surface area contributed by atoms with Crippen molar-refractivity contribution in [1.29, 1.82) is 0 Å². The van der Waals surface area contributed by atoms with Gasteiger partial charge < -0.3 is 24.9 Å². The molecule has 0 atom stereocenters. The summed E-state index contributed by atoms with van der Waals surface area (Å²) in [5, 5.41) is 19.1. The van der Waals surface area contributed by atoms with Gasteiger partial charge >= 0.3 is 29.6 Å². The molecule has 0 fully saturated rings. The number of rotatable bonds is 2. The summed E-state index contributed by atoms with van der Waals surface area (Å²) in [6.45, 7) is 5.93. The molecule has 2 aromatic carbocycles. The summed E-state index contributed by atoms with van der Waals surface area (Å²) in [5.41, 5.74) is 4.92. The van der Waals surface area contributed by atoms with Crippen molar-refractivity contribution in [3.05, 3.63) is 61.1 Å². The molecule has 9 nitrogen and oxygen atoms in total. The number of nitrogens with zero attached hydrogens (tertiary/aromatic N) is 4. The van der Waals surface area contributed by atoms with E-state index in [1.54, 1.807) is 13.8 Å². The molecule has 6 rings (SSSR count). The van der Waals surface area contributed by atoms with Gasteiger partial charge in [-0.05, 0) is 73.4 Å². The van der Waals surface area contributed by atoms with E-state index in [1.807, 2.05) is 43.3 Å². The Morgan fingerprint density at radius 2 is 1.24 bits per heavy atom. The van der Waals surface area contributed by atoms with E-state index < -0.39 is 0 Å². The summed E-state index contributed by atoms with van der Waals surface area (Å²) >= 11 is 24.6. The molecule has 6 aromatic rings. The molecule has 0 radical (unpaired) electrons. The molecule has 0 aliphatic carbocycles. The van der Waals surface area contributed by atoms with Crippen molar-refractivity contribution in [3.8, 4) is 5.88 Å². The first-order valence-electron chi connectivity index (χ1n) is 11.9. The number of H-pyrrole nitrogens is 2. The Morgan fingerprint density at radius 1 is 0.805 bits per heavy atom. The SMILES string of the molecule is CCO.CCOc1nc(Cl)nc2c1[nH]c1ccc(Br)cc12.CC[O-].Clc1nc(Cl)c2[nH]c3ccc(Br)cc3c2n1.[Na+]. The fourth-order valence-electron chi connectivity index (χ4n) is 3.59. The maximum absolute atomic E-state index is 8.93. The zero-order valence-corrected chi connectivity index (χ0v) is 30.0. The monoisotopic (exact) mass is 754 g/mol. The topological polar surface area (TPSA) is 136 Å². The summed E-state index contributed by atoms with van der Waals surface area (Å²) in [5.74, 6) is 0.486. The average molecular weight is 758 g/mol. The number of halogens is 5. The summed E-state index contributed by atoms with van der Waals surface area (Å²) in [6.07, 6.45) is 0. The quantitative estimate of drug-likeness (QED) is 0.135. The summed E-state index contributed by atoms with van der Waals surface area (Å²) in [4.78, 5) is 22.9. The van der Waals surface area contributed by atoms with Gasteiger partial charge in [0.05, 0.1) is 6.61 Å². The van der Waals surface area contributed by atoms with Crippen LogP contribution in [0.1, 0.15) is 20.8 Å². The predicted octanol–water partition coefficient (Wildman–Crippen LogP) is 4.48. The van der Waals surface area contributed by atoms with E-state index in [1.165, 1.54) is 0 Å². The molecule has 15 heteroatoms. The number of fused-ring (bicyclic) bond motifs is 6. The molecule has 212 valence electrons. The van der Waals surface area contributed by atoms with Crippen molar-refractivity contribution >= 4 is 111 Å². The molecule has 0 aliphatic rings. The van der Waals surface area contributed by atoms with Gasteiger partial charge in [-0.3, -0.25) is 0 Å². The van der Waals surface area contributed by atoms with Crippen LogP contribution >= 0.6 is 66.7 Å². The van der Waals surface area contributed by atoms with Crippen LogP contribution in [0.3, 0.4) is 0 Å². The van der Waals surface area contributed by atoms with Gasteiger partial charge in [0.25, 0.3) is 0 Å². The second kappa shape index (κ2) is 17.1. The van der Waals surface area contributed by atoms with E-state index in [-0.39, 0.29) is 53.3 Å². The zero-order valence-electron chi connectivity index (χ0n) is 22.5. The summed E-state index contributed by atoms with van der Waals surface area (Å²) in [6, 6.07) is 11.8. The third kappa shape index (κ3) is 9.12. The van der Waals surface area contributed by atoms with Gasteiger partial charge in [0.1, 0.15) is 22.1 Å². The number of hydrogen-bond acceptors (Lipinski definition) is 7. The number of hydrogen-bond donors (Lipinski definition) is 3. The van der Waals surface area contributed by atoms with Gasteiger partial charge in [0, 0.05) is 37.4 Å². The second-order valence-electron chi connectivity index (χ2n) is 7.70. The third-order valence-electron chi connectivity index (χ3n) is 4.96. The Bertz CT molecular complexity index is 1750. The Kier molecular flexibility index (Phi) is 15.0. The first kappa shape index (κ1) is 35.9. The first-order chi connectivity index (χ1) is 19.2. The van der Waals surface area contributed by atoms with Crippen molar-refractivity contribution < 1.29 is 44.5 Å². The van der Waals surface area contributed by atoms with Crippen LogP contribution in [0.25, 0.3) is 43.9 Å². The van der Waals surface area contributed by atoms with Gasteiger partial charge in [-0.15, -0.1) is 6.61 Å². The molecule has 4 heterocycles. The van der Waals surface area contributed by atoms with Gasteiger partial charge in [0.2, 0.25) is 16.4 Å². The molecular weight excluding hydrogens is 733 g/mol. The minimum atomic E-state index is 0. The van der Waals surface area contributed by atoms with Crippen LogP contribution in [0.4, 0.5) is 0 Å². The van der Waals surface area contributed by atoms with Crippen molar-refractivity contribution in [1.82, 2.24) is 29.9 Å². The summed E-state index contributed by atoms with van der Waals surface area (Å²) < 4.78 is 7.45. The van der Waals surface area contributed by atoms with E-state index in [9.17, 15) is 0 Å². The molecule has 0 bridgehead atoms. The van der Waals surface area contributed by atoms with Crippen molar-refractivity contribution in [3.63, 3.8) is 0 Å². The van der Waals surface area contributed by atoms with Gasteiger partial charge in [-0.1, -0.05) is 50.4 Å². The molecule has 0 saturated heterocycles. The maximum Gasteiger partial charge on any atom is 1.00 e. The maximum atomic E-state index is 8.93. The summed E-state index contributed by atoms with van der Waals surface area (Å²) in [7, 11) is 0. The Labute approximate surface area is 289 Å². The molecule has 4 aromatic heterocycles.